The van der Waals surface area contributed by atoms with Crippen LogP contribution in [0.2, 0.25) is 19.6 Å². The first-order valence-corrected chi connectivity index (χ1v) is 12.0. The van der Waals surface area contributed by atoms with E-state index in [1.165, 1.54) is 0 Å². The van der Waals surface area contributed by atoms with E-state index in [1.807, 2.05) is 0 Å². The van der Waals surface area contributed by atoms with Crippen molar-refractivity contribution in [2.24, 2.45) is 0 Å². The molecule has 0 fully saturated rings. The zero-order valence-electron chi connectivity index (χ0n) is 5.59. The fraction of sp³-hybridized carbons (Fsp3) is 1.00. The van der Waals surface area contributed by atoms with E-state index in [1.54, 1.807) is 6.55 Å². The average Bonchev–Trinajstić information content (AvgIpc) is 1.19. The van der Waals surface area contributed by atoms with Crippen molar-refractivity contribution in [1.82, 2.24) is 0 Å². The van der Waals surface area contributed by atoms with Gasteiger partial charge < -0.3 is 0 Å². The van der Waals surface area contributed by atoms with Crippen LogP contribution in [0.1, 0.15) is 0 Å². The molecule has 0 N–H and O–H groups in total. The molecule has 0 aromatic carbocycles. The maximum absolute atomic E-state index is 5.41. The Bertz CT molecular complexity index is 50.6. The normalized spacial score (nSPS) is 10.7. The molecule has 0 spiro atoms. The molecule has 0 amide bonds. The lowest BCUT2D eigenvalue weighted by Crippen LogP contribution is -1.97. The van der Waals surface area contributed by atoms with Gasteiger partial charge >= 0.3 is 6.00 Å². The van der Waals surface area contributed by atoms with E-state index in [2.05, 4.69) is 13.1 Å². The van der Waals surface area contributed by atoms with Gasteiger partial charge in [0.1, 0.15) is 8.11 Å². The molecule has 0 bridgehead atoms. The predicted octanol–water partition coefficient (Wildman–Crippen LogP) is 3.48. The van der Waals surface area contributed by atoms with Gasteiger partial charge in [-0.05, 0) is 6.55 Å². The van der Waals surface area contributed by atoms with Gasteiger partial charge in [-0.15, -0.1) is 33.2 Å². The van der Waals surface area contributed by atoms with Gasteiger partial charge in [0, 0.05) is 0 Å². The third-order valence-corrected chi connectivity index (χ3v) is 0. The maximum atomic E-state index is 5.41. The Morgan fingerprint density at radius 1 is 1.11 bits per heavy atom. The number of hydrogen-bond acceptors (Lipinski definition) is 0. The predicted molar refractivity (Wildman–Crippen MR) is 53.9 cm³/mol. The van der Waals surface area contributed by atoms with Crippen molar-refractivity contribution < 1.29 is 0 Å². The molecule has 0 aromatic heterocycles. The molecule has 0 saturated heterocycles. The standard InChI is InChI=1S/C2H7ClSi.CH3Cl3Si/c1-4(2)3;1-5(2,3)4/h4H,1-2H3;1H3. The van der Waals surface area contributed by atoms with Crippen LogP contribution < -0.4 is 0 Å². The van der Waals surface area contributed by atoms with Gasteiger partial charge in [-0.3, -0.25) is 0 Å². The monoisotopic (exact) mass is 242 g/mol. The average molecular weight is 244 g/mol. The number of halogens is 4. The van der Waals surface area contributed by atoms with Gasteiger partial charge in [0.25, 0.3) is 0 Å². The Morgan fingerprint density at radius 3 is 1.11 bits per heavy atom. The summed E-state index contributed by atoms with van der Waals surface area (Å²) in [6.07, 6.45) is 0. The van der Waals surface area contributed by atoms with Gasteiger partial charge in [-0.2, -0.15) is 11.1 Å². The molecule has 9 heavy (non-hydrogen) atoms. The minimum Gasteiger partial charge on any atom is -0.172 e. The Hall–Kier alpha value is 1.59. The second-order valence-corrected chi connectivity index (χ2v) is 16.5. The molecule has 6 heteroatoms. The first kappa shape index (κ1) is 13.2. The van der Waals surface area contributed by atoms with Crippen molar-refractivity contribution in [2.75, 3.05) is 0 Å². The van der Waals surface area contributed by atoms with Crippen molar-refractivity contribution in [3.05, 3.63) is 0 Å². The Kier molecular flexibility index (Phi) is 9.26. The minimum absolute atomic E-state index is 0.667. The van der Waals surface area contributed by atoms with Crippen molar-refractivity contribution in [1.29, 1.82) is 0 Å². The SMILES string of the molecule is C[SiH](C)Cl.C[Si](Cl)(Cl)Cl. The van der Waals surface area contributed by atoms with E-state index in [0.29, 0.717) is 0 Å². The van der Waals surface area contributed by atoms with E-state index in [9.17, 15) is 0 Å². The Labute approximate surface area is 77.9 Å². The molecule has 0 aliphatic rings. The van der Waals surface area contributed by atoms with Crippen molar-refractivity contribution in [2.45, 2.75) is 19.6 Å². The first-order valence-electron chi connectivity index (χ1n) is 2.44. The first-order chi connectivity index (χ1) is 3.73. The molecule has 0 rings (SSSR count). The fourth-order valence-electron chi connectivity index (χ4n) is 0. The van der Waals surface area contributed by atoms with Crippen LogP contribution in [0.15, 0.2) is 0 Å². The lowest BCUT2D eigenvalue weighted by Gasteiger charge is -1.89. The molecular formula is C3H10Cl4Si2. The van der Waals surface area contributed by atoms with Crippen LogP contribution in [0.25, 0.3) is 0 Å². The number of hydrogen-bond donors (Lipinski definition) is 0. The number of rotatable bonds is 0. The highest BCUT2D eigenvalue weighted by Gasteiger charge is 2.13. The van der Waals surface area contributed by atoms with Crippen LogP contribution >= 0.6 is 44.3 Å². The highest BCUT2D eigenvalue weighted by molar-refractivity contribution is 7.64. The highest BCUT2D eigenvalue weighted by atomic mass is 35.8. The lowest BCUT2D eigenvalue weighted by molar-refractivity contribution is 2.10. The van der Waals surface area contributed by atoms with E-state index in [0.717, 1.165) is 0 Å². The van der Waals surface area contributed by atoms with E-state index >= 15 is 0 Å². The quantitative estimate of drug-likeness (QED) is 0.452. The summed E-state index contributed by atoms with van der Waals surface area (Å²) in [6.45, 7) is 5.76. The molecule has 0 heterocycles. The second-order valence-electron chi connectivity index (χ2n) is 1.80. The molecule has 0 radical (unpaired) electrons. The van der Waals surface area contributed by atoms with Crippen LogP contribution in [0.4, 0.5) is 0 Å². The molecule has 0 aromatic rings. The van der Waals surface area contributed by atoms with E-state index < -0.39 is 14.1 Å². The van der Waals surface area contributed by atoms with Gasteiger partial charge in [0.05, 0.1) is 0 Å². The van der Waals surface area contributed by atoms with Crippen LogP contribution in [-0.2, 0) is 0 Å². The molecule has 0 aliphatic carbocycles. The van der Waals surface area contributed by atoms with Crippen molar-refractivity contribution in [3.8, 4) is 0 Å². The van der Waals surface area contributed by atoms with Gasteiger partial charge in [0.2, 0.25) is 0 Å². The van der Waals surface area contributed by atoms with Crippen LogP contribution in [0.5, 0.6) is 0 Å². The minimum atomic E-state index is -2.19. The summed E-state index contributed by atoms with van der Waals surface area (Å²) >= 11 is 21.0. The van der Waals surface area contributed by atoms with E-state index in [4.69, 9.17) is 44.3 Å². The van der Waals surface area contributed by atoms with Crippen LogP contribution in [0.3, 0.4) is 0 Å². The lowest BCUT2D eigenvalue weighted by atomic mass is 11.9. The smallest absolute Gasteiger partial charge is 0.172 e. The van der Waals surface area contributed by atoms with Crippen molar-refractivity contribution in [3.63, 3.8) is 0 Å². The van der Waals surface area contributed by atoms with Crippen molar-refractivity contribution >= 4 is 58.4 Å². The summed E-state index contributed by atoms with van der Waals surface area (Å²) < 4.78 is 0. The third kappa shape index (κ3) is 218. The zero-order valence-corrected chi connectivity index (χ0v) is 10.8. The molecule has 0 atom stereocenters. The maximum Gasteiger partial charge on any atom is 0.338 e. The van der Waals surface area contributed by atoms with Crippen LogP contribution in [-0.4, -0.2) is 14.1 Å². The molecule has 0 unspecified atom stereocenters. The molecule has 0 saturated carbocycles. The summed E-state index contributed by atoms with van der Waals surface area (Å²) in [5.74, 6) is 0. The zero-order chi connectivity index (χ0) is 8.08. The molecule has 0 aliphatic heterocycles. The fourth-order valence-corrected chi connectivity index (χ4v) is 0. The molecular weight excluding hydrogens is 234 g/mol. The van der Waals surface area contributed by atoms with Crippen LogP contribution in [0, 0.1) is 0 Å². The largest absolute Gasteiger partial charge is 0.338 e. The summed E-state index contributed by atoms with van der Waals surface area (Å²) in [6, 6.07) is -2.19. The molecule has 0 nitrogen and oxygen atoms in total. The van der Waals surface area contributed by atoms with Gasteiger partial charge in [0.15, 0.2) is 0 Å². The van der Waals surface area contributed by atoms with E-state index in [-0.39, 0.29) is 0 Å². The summed E-state index contributed by atoms with van der Waals surface area (Å²) in [4.78, 5) is 0. The molecule has 58 valence electrons. The third-order valence-electron chi connectivity index (χ3n) is 0. The second kappa shape index (κ2) is 6.31. The van der Waals surface area contributed by atoms with Gasteiger partial charge in [-0.1, -0.05) is 13.1 Å². The Morgan fingerprint density at radius 2 is 1.11 bits per heavy atom. The summed E-state index contributed by atoms with van der Waals surface area (Å²) in [5.41, 5.74) is 0. The van der Waals surface area contributed by atoms with Gasteiger partial charge in [-0.25, -0.2) is 0 Å². The Balaban J connectivity index is 0. The summed E-state index contributed by atoms with van der Waals surface area (Å²) in [7, 11) is -0.667. The topological polar surface area (TPSA) is 0 Å². The summed E-state index contributed by atoms with van der Waals surface area (Å²) in [5, 5.41) is 0. The highest BCUT2D eigenvalue weighted by Crippen LogP contribution is 2.17.